The fourth-order valence-corrected chi connectivity index (χ4v) is 5.28. The van der Waals surface area contributed by atoms with Crippen LogP contribution in [0.1, 0.15) is 80.1 Å². The fraction of sp³-hybridized carbons (Fsp3) is 0.895. The Labute approximate surface area is 158 Å². The zero-order chi connectivity index (χ0) is 20.2. The van der Waals surface area contributed by atoms with E-state index in [0.717, 1.165) is 25.7 Å². The van der Waals surface area contributed by atoms with Crippen molar-refractivity contribution in [3.63, 3.8) is 0 Å². The van der Waals surface area contributed by atoms with Crippen LogP contribution in [-0.4, -0.2) is 32.5 Å². The first-order valence-electron chi connectivity index (χ1n) is 9.40. The van der Waals surface area contributed by atoms with E-state index in [0.29, 0.717) is 24.5 Å². The van der Waals surface area contributed by atoms with Crippen LogP contribution in [0.5, 0.6) is 0 Å². The molecule has 1 aliphatic rings. The summed E-state index contributed by atoms with van der Waals surface area (Å²) >= 11 is 0. The van der Waals surface area contributed by atoms with Gasteiger partial charge in [0, 0.05) is 0 Å². The van der Waals surface area contributed by atoms with Gasteiger partial charge in [-0.15, -0.1) is 0 Å². The molecule has 0 aromatic rings. The van der Waals surface area contributed by atoms with Crippen molar-refractivity contribution >= 4 is 21.8 Å². The second-order valence-corrected chi connectivity index (χ2v) is 10.5. The molecule has 0 N–H and O–H groups in total. The van der Waals surface area contributed by atoms with Crippen LogP contribution in [0.2, 0.25) is 0 Å². The molecule has 0 spiro atoms. The van der Waals surface area contributed by atoms with Crippen LogP contribution in [0, 0.1) is 16.7 Å². The van der Waals surface area contributed by atoms with Crippen LogP contribution in [0.4, 0.5) is 0 Å². The zero-order valence-electron chi connectivity index (χ0n) is 17.3. The summed E-state index contributed by atoms with van der Waals surface area (Å²) in [6.45, 7) is 11.7. The summed E-state index contributed by atoms with van der Waals surface area (Å²) in [5.74, 6) is 0.187. The molecule has 0 bridgehead atoms. The smallest absolute Gasteiger partial charge is 0.331 e. The number of oxime groups is 1. The summed E-state index contributed by atoms with van der Waals surface area (Å²) in [5.41, 5.74) is -0.0188. The molecule has 0 amide bonds. The quantitative estimate of drug-likeness (QED) is 0.351. The topological polar surface area (TPSA) is 82.0 Å². The molecule has 1 aliphatic carbocycles. The van der Waals surface area contributed by atoms with Crippen molar-refractivity contribution in [2.45, 2.75) is 85.3 Å². The minimum atomic E-state index is -3.67. The van der Waals surface area contributed by atoms with Crippen molar-refractivity contribution in [3.05, 3.63) is 0 Å². The zero-order valence-corrected chi connectivity index (χ0v) is 18.1. The third-order valence-electron chi connectivity index (χ3n) is 5.82. The van der Waals surface area contributed by atoms with Crippen LogP contribution in [0.25, 0.3) is 0 Å². The van der Waals surface area contributed by atoms with Crippen molar-refractivity contribution in [2.75, 3.05) is 7.11 Å². The van der Waals surface area contributed by atoms with Gasteiger partial charge >= 0.3 is 16.1 Å². The SMILES string of the molecule is CCC(C)(CC(C)(C)C1CCC(S(=O)(=O)ON=C(C)C)CC1)C(=O)OC. The van der Waals surface area contributed by atoms with E-state index in [1.807, 2.05) is 13.8 Å². The Hall–Kier alpha value is -1.11. The van der Waals surface area contributed by atoms with Crippen molar-refractivity contribution in [1.29, 1.82) is 0 Å². The Morgan fingerprint density at radius 1 is 1.12 bits per heavy atom. The van der Waals surface area contributed by atoms with E-state index in [-0.39, 0.29) is 11.4 Å². The lowest BCUT2D eigenvalue weighted by molar-refractivity contribution is -0.154. The highest BCUT2D eigenvalue weighted by atomic mass is 32.2. The van der Waals surface area contributed by atoms with Gasteiger partial charge in [-0.25, -0.2) is 0 Å². The third kappa shape index (κ3) is 5.69. The maximum Gasteiger partial charge on any atom is 0.331 e. The van der Waals surface area contributed by atoms with Crippen molar-refractivity contribution in [2.24, 2.45) is 21.9 Å². The number of nitrogens with zero attached hydrogens (tertiary/aromatic N) is 1. The monoisotopic (exact) mass is 389 g/mol. The maximum absolute atomic E-state index is 12.3. The van der Waals surface area contributed by atoms with Crippen LogP contribution in [0.3, 0.4) is 0 Å². The second kappa shape index (κ2) is 8.72. The Balaban J connectivity index is 2.77. The number of hydrogen-bond donors (Lipinski definition) is 0. The molecule has 1 rings (SSSR count). The van der Waals surface area contributed by atoms with Gasteiger partial charge in [-0.2, -0.15) is 8.42 Å². The minimum Gasteiger partial charge on any atom is -0.469 e. The molecule has 6 nitrogen and oxygen atoms in total. The molecular formula is C19H35NO5S. The van der Waals surface area contributed by atoms with E-state index in [9.17, 15) is 13.2 Å². The number of methoxy groups -OCH3 is 1. The van der Waals surface area contributed by atoms with Crippen molar-refractivity contribution in [3.8, 4) is 0 Å². The number of carbonyl (C=O) groups is 1. The molecule has 26 heavy (non-hydrogen) atoms. The average molecular weight is 390 g/mol. The second-order valence-electron chi connectivity index (χ2n) is 8.65. The molecule has 0 radical (unpaired) electrons. The van der Waals surface area contributed by atoms with Crippen LogP contribution >= 0.6 is 0 Å². The number of hydrogen-bond acceptors (Lipinski definition) is 6. The van der Waals surface area contributed by atoms with Gasteiger partial charge in [0.2, 0.25) is 0 Å². The van der Waals surface area contributed by atoms with Crippen LogP contribution in [0.15, 0.2) is 5.16 Å². The average Bonchev–Trinajstić information content (AvgIpc) is 2.59. The summed E-state index contributed by atoms with van der Waals surface area (Å²) < 4.78 is 34.3. The molecule has 1 fully saturated rings. The fourth-order valence-electron chi connectivity index (χ4n) is 4.06. The first kappa shape index (κ1) is 22.9. The van der Waals surface area contributed by atoms with Gasteiger partial charge in [0.25, 0.3) is 0 Å². The summed E-state index contributed by atoms with van der Waals surface area (Å²) in [7, 11) is -2.24. The van der Waals surface area contributed by atoms with E-state index < -0.39 is 20.8 Å². The molecule has 0 saturated heterocycles. The number of carbonyl (C=O) groups excluding carboxylic acids is 1. The molecule has 0 aromatic carbocycles. The van der Waals surface area contributed by atoms with Gasteiger partial charge in [0.05, 0.1) is 23.5 Å². The van der Waals surface area contributed by atoms with Gasteiger partial charge < -0.3 is 4.74 Å². The summed E-state index contributed by atoms with van der Waals surface area (Å²) in [4.78, 5) is 12.2. The van der Waals surface area contributed by atoms with Gasteiger partial charge in [-0.05, 0) is 70.6 Å². The van der Waals surface area contributed by atoms with Gasteiger partial charge in [-0.3, -0.25) is 9.08 Å². The maximum atomic E-state index is 12.3. The molecule has 1 saturated carbocycles. The molecule has 152 valence electrons. The molecular weight excluding hydrogens is 354 g/mol. The van der Waals surface area contributed by atoms with Crippen LogP contribution < -0.4 is 0 Å². The van der Waals surface area contributed by atoms with E-state index in [2.05, 4.69) is 19.0 Å². The number of ether oxygens (including phenoxy) is 1. The number of esters is 1. The molecule has 1 atom stereocenters. The summed E-state index contributed by atoms with van der Waals surface area (Å²) in [6.07, 6.45) is 4.17. The lowest BCUT2D eigenvalue weighted by Crippen LogP contribution is -2.39. The highest BCUT2D eigenvalue weighted by Gasteiger charge is 2.44. The molecule has 7 heteroatoms. The molecule has 0 aromatic heterocycles. The summed E-state index contributed by atoms with van der Waals surface area (Å²) in [6, 6.07) is 0. The van der Waals surface area contributed by atoms with Gasteiger partial charge in [-0.1, -0.05) is 25.9 Å². The molecule has 0 aliphatic heterocycles. The summed E-state index contributed by atoms with van der Waals surface area (Å²) in [5, 5.41) is 3.10. The van der Waals surface area contributed by atoms with Crippen molar-refractivity contribution in [1.82, 2.24) is 0 Å². The third-order valence-corrected chi connectivity index (χ3v) is 7.39. The molecule has 1 unspecified atom stereocenters. The van der Waals surface area contributed by atoms with Gasteiger partial charge in [0.1, 0.15) is 0 Å². The Kier molecular flexibility index (Phi) is 7.69. The van der Waals surface area contributed by atoms with E-state index in [1.165, 1.54) is 7.11 Å². The standard InChI is InChI=1S/C19H35NO5S/c1-8-19(6,17(21)24-7)13-18(4,5)15-9-11-16(12-10-15)26(22,23)25-20-14(2)3/h15-16H,8-13H2,1-7H3. The minimum absolute atomic E-state index is 0.0767. The van der Waals surface area contributed by atoms with E-state index in [1.54, 1.807) is 13.8 Å². The van der Waals surface area contributed by atoms with Crippen molar-refractivity contribution < 1.29 is 22.2 Å². The lowest BCUT2D eigenvalue weighted by atomic mass is 9.63. The highest BCUT2D eigenvalue weighted by Crippen LogP contribution is 2.47. The predicted octanol–water partition coefficient (Wildman–Crippen LogP) is 4.29. The largest absolute Gasteiger partial charge is 0.469 e. The van der Waals surface area contributed by atoms with E-state index in [4.69, 9.17) is 9.02 Å². The Morgan fingerprint density at radius 3 is 2.08 bits per heavy atom. The Morgan fingerprint density at radius 2 is 1.65 bits per heavy atom. The van der Waals surface area contributed by atoms with E-state index >= 15 is 0 Å². The first-order valence-corrected chi connectivity index (χ1v) is 10.9. The number of rotatable bonds is 8. The normalized spacial score (nSPS) is 23.7. The predicted molar refractivity (Wildman–Crippen MR) is 103 cm³/mol. The molecule has 0 heterocycles. The van der Waals surface area contributed by atoms with Gasteiger partial charge in [0.15, 0.2) is 0 Å². The first-order chi connectivity index (χ1) is 11.9. The Bertz CT molecular complexity index is 614. The lowest BCUT2D eigenvalue weighted by Gasteiger charge is -2.43. The van der Waals surface area contributed by atoms with Crippen LogP contribution in [-0.2, 0) is 23.9 Å². The highest BCUT2D eigenvalue weighted by molar-refractivity contribution is 7.87.